The third kappa shape index (κ3) is 6.26. The van der Waals surface area contributed by atoms with Gasteiger partial charge in [0.1, 0.15) is 5.60 Å². The molecule has 138 valence electrons. The molecule has 0 aromatic heterocycles. The summed E-state index contributed by atoms with van der Waals surface area (Å²) in [6.07, 6.45) is 0.00539. The van der Waals surface area contributed by atoms with Gasteiger partial charge < -0.3 is 25.4 Å². The Kier molecular flexibility index (Phi) is 6.25. The number of nitrogens with zero attached hydrogens (tertiary/aromatic N) is 1. The molecule has 1 fully saturated rings. The van der Waals surface area contributed by atoms with Crippen molar-refractivity contribution in [3.8, 4) is 0 Å². The molecule has 1 unspecified atom stereocenters. The zero-order valence-corrected chi connectivity index (χ0v) is 15.1. The van der Waals surface area contributed by atoms with Crippen molar-refractivity contribution in [2.75, 3.05) is 36.9 Å². The normalized spacial score (nSPS) is 17.6. The lowest BCUT2D eigenvalue weighted by Gasteiger charge is -2.19. The highest BCUT2D eigenvalue weighted by Crippen LogP contribution is 2.25. The molecule has 7 nitrogen and oxygen atoms in total. The second-order valence-electron chi connectivity index (χ2n) is 7.17. The molecule has 0 aliphatic carbocycles. The fourth-order valence-electron chi connectivity index (χ4n) is 2.59. The van der Waals surface area contributed by atoms with Crippen molar-refractivity contribution in [1.29, 1.82) is 0 Å². The van der Waals surface area contributed by atoms with Gasteiger partial charge in [0.15, 0.2) is 0 Å². The van der Waals surface area contributed by atoms with Gasteiger partial charge >= 0.3 is 6.09 Å². The number of nitrogen functional groups attached to an aromatic ring is 1. The van der Waals surface area contributed by atoms with Gasteiger partial charge in [-0.25, -0.2) is 4.79 Å². The van der Waals surface area contributed by atoms with Gasteiger partial charge in [-0.3, -0.25) is 4.79 Å². The summed E-state index contributed by atoms with van der Waals surface area (Å²) in [7, 11) is 0. The van der Waals surface area contributed by atoms with Gasteiger partial charge in [-0.2, -0.15) is 0 Å². The van der Waals surface area contributed by atoms with Gasteiger partial charge in [0.25, 0.3) is 0 Å². The lowest BCUT2D eigenvalue weighted by molar-refractivity contribution is -0.117. The predicted octanol–water partition coefficient (Wildman–Crippen LogP) is 2.16. The van der Waals surface area contributed by atoms with Crippen molar-refractivity contribution in [3.63, 3.8) is 0 Å². The topological polar surface area (TPSA) is 93.9 Å². The average Bonchev–Trinajstić information content (AvgIpc) is 2.87. The minimum absolute atomic E-state index is 0.0882. The Labute approximate surface area is 148 Å². The minimum Gasteiger partial charge on any atom is -0.444 e. The SMILES string of the molecule is CC(C)(C)OC(=O)NCCOCC1CC(=O)N(c2ccc(N)cc2)C1. The van der Waals surface area contributed by atoms with Crippen molar-refractivity contribution in [3.05, 3.63) is 24.3 Å². The van der Waals surface area contributed by atoms with E-state index in [9.17, 15) is 9.59 Å². The van der Waals surface area contributed by atoms with E-state index in [-0.39, 0.29) is 11.8 Å². The molecule has 1 saturated heterocycles. The smallest absolute Gasteiger partial charge is 0.407 e. The van der Waals surface area contributed by atoms with Crippen molar-refractivity contribution < 1.29 is 19.1 Å². The third-order valence-electron chi connectivity index (χ3n) is 3.68. The summed E-state index contributed by atoms with van der Waals surface area (Å²) in [6.45, 7) is 7.30. The number of carbonyl (C=O) groups excluding carboxylic acids is 2. The first-order valence-corrected chi connectivity index (χ1v) is 8.45. The maximum absolute atomic E-state index is 12.1. The molecule has 0 radical (unpaired) electrons. The van der Waals surface area contributed by atoms with Crippen LogP contribution in [0.25, 0.3) is 0 Å². The number of ether oxygens (including phenoxy) is 2. The summed E-state index contributed by atoms with van der Waals surface area (Å²) >= 11 is 0. The summed E-state index contributed by atoms with van der Waals surface area (Å²) in [5.41, 5.74) is 6.69. The monoisotopic (exact) mass is 349 g/mol. The van der Waals surface area contributed by atoms with Crippen LogP contribution in [0.3, 0.4) is 0 Å². The quantitative estimate of drug-likeness (QED) is 0.606. The lowest BCUT2D eigenvalue weighted by atomic mass is 10.1. The molecule has 0 spiro atoms. The summed E-state index contributed by atoms with van der Waals surface area (Å²) in [5, 5.41) is 2.64. The fourth-order valence-corrected chi connectivity index (χ4v) is 2.59. The van der Waals surface area contributed by atoms with Crippen molar-refractivity contribution in [1.82, 2.24) is 5.32 Å². The van der Waals surface area contributed by atoms with Crippen molar-refractivity contribution >= 4 is 23.4 Å². The molecular weight excluding hydrogens is 322 g/mol. The Morgan fingerprint density at radius 1 is 1.32 bits per heavy atom. The summed E-state index contributed by atoms with van der Waals surface area (Å²) < 4.78 is 10.7. The predicted molar refractivity (Wildman–Crippen MR) is 96.4 cm³/mol. The largest absolute Gasteiger partial charge is 0.444 e. The minimum atomic E-state index is -0.513. The van der Waals surface area contributed by atoms with E-state index in [1.54, 1.807) is 17.0 Å². The maximum Gasteiger partial charge on any atom is 0.407 e. The zero-order chi connectivity index (χ0) is 18.4. The van der Waals surface area contributed by atoms with Crippen LogP contribution in [-0.4, -0.2) is 43.9 Å². The highest BCUT2D eigenvalue weighted by Gasteiger charge is 2.30. The molecule has 0 saturated carbocycles. The van der Waals surface area contributed by atoms with E-state index in [0.717, 1.165) is 5.69 Å². The Hall–Kier alpha value is -2.28. The van der Waals surface area contributed by atoms with E-state index in [1.807, 2.05) is 32.9 Å². The van der Waals surface area contributed by atoms with Crippen LogP contribution in [-0.2, 0) is 14.3 Å². The number of nitrogens with two attached hydrogens (primary N) is 1. The molecule has 1 aliphatic heterocycles. The van der Waals surface area contributed by atoms with Crippen molar-refractivity contribution in [2.24, 2.45) is 5.92 Å². The number of nitrogens with one attached hydrogen (secondary N) is 1. The molecule has 1 atom stereocenters. The van der Waals surface area contributed by atoms with Crippen LogP contribution in [0.15, 0.2) is 24.3 Å². The van der Waals surface area contributed by atoms with Crippen LogP contribution in [0.4, 0.5) is 16.2 Å². The lowest BCUT2D eigenvalue weighted by Crippen LogP contribution is -2.34. The van der Waals surface area contributed by atoms with Gasteiger partial charge in [0.05, 0.1) is 13.2 Å². The first-order chi connectivity index (χ1) is 11.7. The molecule has 1 aromatic carbocycles. The number of hydrogen-bond acceptors (Lipinski definition) is 5. The zero-order valence-electron chi connectivity index (χ0n) is 15.1. The molecule has 1 aliphatic rings. The molecule has 25 heavy (non-hydrogen) atoms. The Morgan fingerprint density at radius 3 is 2.64 bits per heavy atom. The van der Waals surface area contributed by atoms with Gasteiger partial charge in [0.2, 0.25) is 5.91 Å². The molecule has 1 aromatic rings. The second kappa shape index (κ2) is 8.20. The highest BCUT2D eigenvalue weighted by molar-refractivity contribution is 5.95. The van der Waals surface area contributed by atoms with E-state index in [1.165, 1.54) is 0 Å². The Bertz CT molecular complexity index is 595. The average molecular weight is 349 g/mol. The van der Waals surface area contributed by atoms with Crippen LogP contribution in [0.5, 0.6) is 0 Å². The molecule has 7 heteroatoms. The summed E-state index contributed by atoms with van der Waals surface area (Å²) in [4.78, 5) is 25.4. The van der Waals surface area contributed by atoms with Crippen LogP contribution in [0.1, 0.15) is 27.2 Å². The molecular formula is C18H27N3O4. The van der Waals surface area contributed by atoms with E-state index in [2.05, 4.69) is 5.32 Å². The van der Waals surface area contributed by atoms with E-state index < -0.39 is 11.7 Å². The Balaban J connectivity index is 1.66. The molecule has 1 heterocycles. The summed E-state index contributed by atoms with van der Waals surface area (Å²) in [6, 6.07) is 7.27. The molecule has 2 rings (SSSR count). The number of carbonyl (C=O) groups is 2. The first kappa shape index (κ1) is 19.1. The van der Waals surface area contributed by atoms with E-state index in [0.29, 0.717) is 38.4 Å². The molecule has 0 bridgehead atoms. The first-order valence-electron chi connectivity index (χ1n) is 8.45. The van der Waals surface area contributed by atoms with Gasteiger partial charge in [-0.05, 0) is 45.0 Å². The van der Waals surface area contributed by atoms with E-state index >= 15 is 0 Å². The fraction of sp³-hybridized carbons (Fsp3) is 0.556. The van der Waals surface area contributed by atoms with Crippen molar-refractivity contribution in [2.45, 2.75) is 32.8 Å². The number of benzene rings is 1. The van der Waals surface area contributed by atoms with Gasteiger partial charge in [0, 0.05) is 36.8 Å². The highest BCUT2D eigenvalue weighted by atomic mass is 16.6. The maximum atomic E-state index is 12.1. The van der Waals surface area contributed by atoms with Crippen LogP contribution in [0.2, 0.25) is 0 Å². The number of hydrogen-bond donors (Lipinski definition) is 2. The van der Waals surface area contributed by atoms with Gasteiger partial charge in [-0.1, -0.05) is 0 Å². The summed E-state index contributed by atoms with van der Waals surface area (Å²) in [5.74, 6) is 0.233. The molecule has 3 N–H and O–H groups in total. The Morgan fingerprint density at radius 2 is 2.00 bits per heavy atom. The number of anilines is 2. The number of alkyl carbamates (subject to hydrolysis) is 1. The van der Waals surface area contributed by atoms with Crippen LogP contribution >= 0.6 is 0 Å². The second-order valence-corrected chi connectivity index (χ2v) is 7.17. The van der Waals surface area contributed by atoms with E-state index in [4.69, 9.17) is 15.2 Å². The third-order valence-corrected chi connectivity index (χ3v) is 3.68. The number of rotatable bonds is 6. The van der Waals surface area contributed by atoms with Gasteiger partial charge in [-0.15, -0.1) is 0 Å². The van der Waals surface area contributed by atoms with Crippen LogP contribution in [0, 0.1) is 5.92 Å². The van der Waals surface area contributed by atoms with Crippen LogP contribution < -0.4 is 16.0 Å². The number of amides is 2. The standard InChI is InChI=1S/C18H27N3O4/c1-18(2,3)25-17(23)20-8-9-24-12-13-10-16(22)21(11-13)15-6-4-14(19)5-7-15/h4-7,13H,8-12,19H2,1-3H3,(H,20,23). The molecule has 2 amide bonds.